The molecule has 2 heteroatoms. The molecule has 0 amide bonds. The lowest BCUT2D eigenvalue weighted by Crippen LogP contribution is -2.35. The van der Waals surface area contributed by atoms with E-state index in [0.29, 0.717) is 0 Å². The number of nitrogens with zero attached hydrogens (tertiary/aromatic N) is 1. The zero-order valence-electron chi connectivity index (χ0n) is 27.1. The molecule has 1 nitrogen and oxygen atoms in total. The van der Waals surface area contributed by atoms with Gasteiger partial charge in [0.2, 0.25) is 0 Å². The van der Waals surface area contributed by atoms with Gasteiger partial charge in [0, 0.05) is 27.2 Å². The molecule has 0 unspecified atom stereocenters. The second-order valence-electron chi connectivity index (χ2n) is 16.2. The molecule has 0 bridgehead atoms. The molecule has 6 rings (SSSR count). The van der Waals surface area contributed by atoms with Crippen LogP contribution in [0.15, 0.2) is 48.7 Å². The molecule has 0 spiro atoms. The maximum Gasteiger partial charge on any atom is 0.0880 e. The molecule has 0 aliphatic heterocycles. The van der Waals surface area contributed by atoms with Crippen LogP contribution in [-0.4, -0.2) is 4.98 Å². The van der Waals surface area contributed by atoms with Crippen LogP contribution in [0.1, 0.15) is 110 Å². The zero-order valence-corrected chi connectivity index (χ0v) is 27.9. The average molecular weight is 562 g/mol. The summed E-state index contributed by atoms with van der Waals surface area (Å²) in [5.74, 6) is 0. The van der Waals surface area contributed by atoms with Crippen LogP contribution in [0.3, 0.4) is 0 Å². The number of fused-ring (bicyclic) bond motifs is 6. The van der Waals surface area contributed by atoms with Crippen molar-refractivity contribution < 1.29 is 0 Å². The van der Waals surface area contributed by atoms with Gasteiger partial charge in [0.1, 0.15) is 0 Å². The predicted octanol–water partition coefficient (Wildman–Crippen LogP) is 11.8. The summed E-state index contributed by atoms with van der Waals surface area (Å²) in [6.45, 7) is 26.5. The first-order chi connectivity index (χ1) is 19.0. The molecule has 5 aromatic rings. The van der Waals surface area contributed by atoms with E-state index >= 15 is 0 Å². The highest BCUT2D eigenvalue weighted by atomic mass is 32.1. The summed E-state index contributed by atoms with van der Waals surface area (Å²) in [7, 11) is 0. The van der Waals surface area contributed by atoms with Gasteiger partial charge >= 0.3 is 0 Å². The number of thiophene rings is 1. The smallest absolute Gasteiger partial charge is 0.0880 e. The van der Waals surface area contributed by atoms with E-state index in [-0.39, 0.29) is 21.7 Å². The van der Waals surface area contributed by atoms with Gasteiger partial charge in [-0.2, -0.15) is 0 Å². The summed E-state index contributed by atoms with van der Waals surface area (Å²) in [5, 5.41) is 5.50. The minimum absolute atomic E-state index is 0.0370. The molecule has 214 valence electrons. The number of pyridine rings is 1. The normalized spacial score (nSPS) is 17.0. The van der Waals surface area contributed by atoms with Gasteiger partial charge in [-0.1, -0.05) is 93.5 Å². The van der Waals surface area contributed by atoms with E-state index in [1.54, 1.807) is 16.7 Å². The van der Waals surface area contributed by atoms with Crippen molar-refractivity contribution in [1.82, 2.24) is 4.98 Å². The third-order valence-electron chi connectivity index (χ3n) is 9.59. The molecule has 0 atom stereocenters. The Labute approximate surface area is 251 Å². The van der Waals surface area contributed by atoms with Gasteiger partial charge in [-0.3, -0.25) is 4.98 Å². The maximum absolute atomic E-state index is 5.12. The van der Waals surface area contributed by atoms with Crippen LogP contribution in [0.5, 0.6) is 0 Å². The lowest BCUT2D eigenvalue weighted by atomic mass is 9.61. The van der Waals surface area contributed by atoms with Crippen molar-refractivity contribution in [2.75, 3.05) is 0 Å². The van der Waals surface area contributed by atoms with E-state index in [1.807, 2.05) is 11.3 Å². The Morgan fingerprint density at radius 2 is 1.46 bits per heavy atom. The largest absolute Gasteiger partial charge is 0.255 e. The summed E-state index contributed by atoms with van der Waals surface area (Å²) in [6, 6.07) is 15.9. The quantitative estimate of drug-likeness (QED) is 0.209. The van der Waals surface area contributed by atoms with Crippen LogP contribution in [0.4, 0.5) is 0 Å². The van der Waals surface area contributed by atoms with E-state index in [0.717, 1.165) is 12.1 Å². The van der Waals surface area contributed by atoms with Gasteiger partial charge in [-0.15, -0.1) is 11.3 Å². The van der Waals surface area contributed by atoms with Crippen molar-refractivity contribution in [3.05, 3.63) is 76.5 Å². The Bertz CT molecular complexity index is 1830. The fourth-order valence-corrected chi connectivity index (χ4v) is 9.10. The van der Waals surface area contributed by atoms with Gasteiger partial charge in [-0.25, -0.2) is 0 Å². The summed E-state index contributed by atoms with van der Waals surface area (Å²) in [6.07, 6.45) is 5.59. The number of aromatic nitrogens is 1. The SMILES string of the molecule is Cc1c2c(c3sc4c(-c5cc(C(C)(C)C)c6ccccc6c5)nccc4c3c1CC(C)(C)C)C(C)(C)CCC2(C)C. The highest BCUT2D eigenvalue weighted by molar-refractivity contribution is 7.26. The number of hydrogen-bond donors (Lipinski definition) is 0. The highest BCUT2D eigenvalue weighted by Crippen LogP contribution is 2.55. The number of rotatable bonds is 2. The fourth-order valence-electron chi connectivity index (χ4n) is 7.53. The van der Waals surface area contributed by atoms with Crippen LogP contribution < -0.4 is 0 Å². The van der Waals surface area contributed by atoms with Crippen LogP contribution in [-0.2, 0) is 22.7 Å². The summed E-state index contributed by atoms with van der Waals surface area (Å²) < 4.78 is 2.84. The van der Waals surface area contributed by atoms with Crippen LogP contribution in [0.25, 0.3) is 42.2 Å². The van der Waals surface area contributed by atoms with Crippen molar-refractivity contribution in [2.45, 2.75) is 112 Å². The van der Waals surface area contributed by atoms with Gasteiger partial charge < -0.3 is 0 Å². The van der Waals surface area contributed by atoms with Crippen molar-refractivity contribution >= 4 is 42.3 Å². The summed E-state index contributed by atoms with van der Waals surface area (Å²) in [5.41, 5.74) is 10.6. The average Bonchev–Trinajstić information content (AvgIpc) is 3.25. The van der Waals surface area contributed by atoms with Gasteiger partial charge in [-0.05, 0) is 105 Å². The highest BCUT2D eigenvalue weighted by Gasteiger charge is 2.41. The Morgan fingerprint density at radius 3 is 2.12 bits per heavy atom. The van der Waals surface area contributed by atoms with E-state index < -0.39 is 0 Å². The van der Waals surface area contributed by atoms with E-state index in [2.05, 4.69) is 125 Å². The maximum atomic E-state index is 5.12. The Hall–Kier alpha value is -2.71. The van der Waals surface area contributed by atoms with Crippen molar-refractivity contribution in [1.29, 1.82) is 0 Å². The molecule has 3 aromatic carbocycles. The standard InChI is InChI=1S/C39H47NS/c1-23-28(22-36(2,3)4)30-27-16-19-40-33(25-20-24-14-12-13-15-26(24)29(21-25)37(5,6)7)34(27)41-35(30)32-31(23)38(8,9)17-18-39(32,10)11/h12-16,19-21H,17-18,22H2,1-11H3. The number of hydrogen-bond acceptors (Lipinski definition) is 2. The zero-order chi connectivity index (χ0) is 29.7. The van der Waals surface area contributed by atoms with Gasteiger partial charge in [0.15, 0.2) is 0 Å². The molecular weight excluding hydrogens is 515 g/mol. The first-order valence-corrected chi connectivity index (χ1v) is 16.2. The van der Waals surface area contributed by atoms with Crippen molar-refractivity contribution in [2.24, 2.45) is 5.41 Å². The van der Waals surface area contributed by atoms with Crippen molar-refractivity contribution in [3.8, 4) is 11.3 Å². The molecule has 0 N–H and O–H groups in total. The molecule has 1 aliphatic carbocycles. The minimum atomic E-state index is 0.0370. The molecule has 41 heavy (non-hydrogen) atoms. The molecule has 0 radical (unpaired) electrons. The second-order valence-corrected chi connectivity index (χ2v) is 17.2. The molecule has 2 heterocycles. The molecule has 0 saturated carbocycles. The van der Waals surface area contributed by atoms with Crippen LogP contribution >= 0.6 is 11.3 Å². The van der Waals surface area contributed by atoms with E-state index in [9.17, 15) is 0 Å². The Kier molecular flexibility index (Phi) is 6.34. The monoisotopic (exact) mass is 561 g/mol. The topological polar surface area (TPSA) is 12.9 Å². The van der Waals surface area contributed by atoms with Crippen LogP contribution in [0, 0.1) is 12.3 Å². The summed E-state index contributed by atoms with van der Waals surface area (Å²) in [4.78, 5) is 5.12. The fraction of sp³-hybridized carbons (Fsp3) is 0.462. The number of benzene rings is 3. The van der Waals surface area contributed by atoms with E-state index in [1.165, 1.54) is 60.5 Å². The van der Waals surface area contributed by atoms with Gasteiger partial charge in [0.25, 0.3) is 0 Å². The molecule has 0 saturated heterocycles. The molecule has 0 fully saturated rings. The first-order valence-electron chi connectivity index (χ1n) is 15.4. The third kappa shape index (κ3) is 4.62. The first kappa shape index (κ1) is 28.4. The second kappa shape index (κ2) is 9.14. The predicted molar refractivity (Wildman–Crippen MR) is 182 cm³/mol. The third-order valence-corrected chi connectivity index (χ3v) is 10.8. The Balaban J connectivity index is 1.76. The lowest BCUT2D eigenvalue weighted by molar-refractivity contribution is 0.332. The molecule has 1 aliphatic rings. The van der Waals surface area contributed by atoms with Crippen molar-refractivity contribution in [3.63, 3.8) is 0 Å². The van der Waals surface area contributed by atoms with Crippen LogP contribution in [0.2, 0.25) is 0 Å². The van der Waals surface area contributed by atoms with Gasteiger partial charge in [0.05, 0.1) is 10.4 Å². The molecular formula is C39H47NS. The Morgan fingerprint density at radius 1 is 0.805 bits per heavy atom. The summed E-state index contributed by atoms with van der Waals surface area (Å²) >= 11 is 2.01. The van der Waals surface area contributed by atoms with E-state index in [4.69, 9.17) is 4.98 Å². The minimum Gasteiger partial charge on any atom is -0.255 e. The molecule has 2 aromatic heterocycles. The lowest BCUT2D eigenvalue weighted by Gasteiger charge is -2.44.